The summed E-state index contributed by atoms with van der Waals surface area (Å²) in [4.78, 5) is 25.0. The van der Waals surface area contributed by atoms with Gasteiger partial charge in [-0.2, -0.15) is 0 Å². The van der Waals surface area contributed by atoms with Crippen molar-refractivity contribution in [3.8, 4) is 5.75 Å². The van der Waals surface area contributed by atoms with Crippen LogP contribution in [0.4, 0.5) is 0 Å². The van der Waals surface area contributed by atoms with Gasteiger partial charge in [0.05, 0.1) is 13.5 Å². The van der Waals surface area contributed by atoms with Crippen LogP contribution in [0.25, 0.3) is 0 Å². The van der Waals surface area contributed by atoms with Crippen LogP contribution in [-0.4, -0.2) is 25.0 Å². The Morgan fingerprint density at radius 3 is 2.54 bits per heavy atom. The van der Waals surface area contributed by atoms with Crippen LogP contribution >= 0.6 is 0 Å². The molecule has 1 saturated carbocycles. The molecule has 3 rings (SSSR count). The zero-order valence-corrected chi connectivity index (χ0v) is 15.0. The van der Waals surface area contributed by atoms with Gasteiger partial charge in [0.25, 0.3) is 5.91 Å². The molecule has 1 fully saturated rings. The summed E-state index contributed by atoms with van der Waals surface area (Å²) >= 11 is 0. The fourth-order valence-electron chi connectivity index (χ4n) is 2.72. The average Bonchev–Trinajstić information content (AvgIpc) is 3.46. The predicted molar refractivity (Wildman–Crippen MR) is 97.9 cm³/mol. The number of methoxy groups -OCH3 is 1. The monoisotopic (exact) mass is 353 g/mol. The van der Waals surface area contributed by atoms with Crippen molar-refractivity contribution in [2.24, 2.45) is 0 Å². The van der Waals surface area contributed by atoms with Crippen molar-refractivity contribution >= 4 is 11.9 Å². The summed E-state index contributed by atoms with van der Waals surface area (Å²) in [6.07, 6.45) is 1.10. The minimum Gasteiger partial charge on any atom is -0.496 e. The molecular formula is C21H23NO4. The maximum absolute atomic E-state index is 12.5. The molecule has 136 valence electrons. The molecule has 0 aliphatic heterocycles. The Balaban J connectivity index is 1.71. The molecule has 0 aromatic heterocycles. The average molecular weight is 353 g/mol. The van der Waals surface area contributed by atoms with Gasteiger partial charge in [0.2, 0.25) is 6.10 Å². The molecule has 1 atom stereocenters. The number of aryl methyl sites for hydroxylation is 1. The summed E-state index contributed by atoms with van der Waals surface area (Å²) < 4.78 is 10.8. The molecule has 2 aromatic rings. The SMILES string of the molecule is COc1cc(CC(=O)O[C@H](C(=O)NC2CC2)c2ccccc2)ccc1C. The zero-order chi connectivity index (χ0) is 18.5. The van der Waals surface area contributed by atoms with E-state index in [0.717, 1.165) is 29.7 Å². The largest absolute Gasteiger partial charge is 0.496 e. The van der Waals surface area contributed by atoms with Gasteiger partial charge >= 0.3 is 5.97 Å². The van der Waals surface area contributed by atoms with Gasteiger partial charge in [0, 0.05) is 11.6 Å². The lowest BCUT2D eigenvalue weighted by atomic mass is 10.1. The fraction of sp³-hybridized carbons (Fsp3) is 0.333. The van der Waals surface area contributed by atoms with Crippen molar-refractivity contribution in [2.75, 3.05) is 7.11 Å². The first-order valence-corrected chi connectivity index (χ1v) is 8.75. The number of nitrogens with one attached hydrogen (secondary N) is 1. The van der Waals surface area contributed by atoms with E-state index in [1.54, 1.807) is 19.2 Å². The third-order valence-corrected chi connectivity index (χ3v) is 4.33. The van der Waals surface area contributed by atoms with Crippen molar-refractivity contribution in [1.82, 2.24) is 5.32 Å². The van der Waals surface area contributed by atoms with Crippen LogP contribution in [-0.2, 0) is 20.7 Å². The molecule has 0 unspecified atom stereocenters. The molecule has 0 heterocycles. The summed E-state index contributed by atoms with van der Waals surface area (Å²) in [5.41, 5.74) is 2.45. The van der Waals surface area contributed by atoms with Crippen LogP contribution in [0.2, 0.25) is 0 Å². The third kappa shape index (κ3) is 4.63. The molecule has 1 N–H and O–H groups in total. The molecular weight excluding hydrogens is 330 g/mol. The molecule has 1 aliphatic rings. The van der Waals surface area contributed by atoms with Gasteiger partial charge in [-0.05, 0) is 37.0 Å². The maximum atomic E-state index is 12.5. The minimum atomic E-state index is -0.934. The lowest BCUT2D eigenvalue weighted by molar-refractivity contribution is -0.156. The van der Waals surface area contributed by atoms with E-state index in [9.17, 15) is 9.59 Å². The van der Waals surface area contributed by atoms with Crippen LogP contribution in [0.3, 0.4) is 0 Å². The number of benzene rings is 2. The number of ether oxygens (including phenoxy) is 2. The lowest BCUT2D eigenvalue weighted by Crippen LogP contribution is -2.33. The number of hydrogen-bond donors (Lipinski definition) is 1. The Labute approximate surface area is 153 Å². The third-order valence-electron chi connectivity index (χ3n) is 4.33. The van der Waals surface area contributed by atoms with Crippen molar-refractivity contribution in [3.63, 3.8) is 0 Å². The van der Waals surface area contributed by atoms with Crippen LogP contribution < -0.4 is 10.1 Å². The lowest BCUT2D eigenvalue weighted by Gasteiger charge is -2.18. The Hall–Kier alpha value is -2.82. The van der Waals surface area contributed by atoms with E-state index >= 15 is 0 Å². The molecule has 26 heavy (non-hydrogen) atoms. The number of amides is 1. The highest BCUT2D eigenvalue weighted by molar-refractivity contribution is 5.85. The quantitative estimate of drug-likeness (QED) is 0.777. The van der Waals surface area contributed by atoms with Gasteiger partial charge in [-0.25, -0.2) is 0 Å². The van der Waals surface area contributed by atoms with Gasteiger partial charge < -0.3 is 14.8 Å². The summed E-state index contributed by atoms with van der Waals surface area (Å²) in [6, 6.07) is 14.9. The Kier molecular flexibility index (Phi) is 5.56. The van der Waals surface area contributed by atoms with Crippen molar-refractivity contribution < 1.29 is 19.1 Å². The summed E-state index contributed by atoms with van der Waals surface area (Å²) in [7, 11) is 1.60. The van der Waals surface area contributed by atoms with Crippen LogP contribution in [0.1, 0.15) is 35.6 Å². The molecule has 2 aromatic carbocycles. The van der Waals surface area contributed by atoms with E-state index in [4.69, 9.17) is 9.47 Å². The van der Waals surface area contributed by atoms with E-state index in [2.05, 4.69) is 5.32 Å². The van der Waals surface area contributed by atoms with Crippen molar-refractivity contribution in [3.05, 3.63) is 65.2 Å². The maximum Gasteiger partial charge on any atom is 0.311 e. The van der Waals surface area contributed by atoms with Gasteiger partial charge in [0.15, 0.2) is 0 Å². The number of carbonyl (C=O) groups is 2. The van der Waals surface area contributed by atoms with Gasteiger partial charge in [-0.1, -0.05) is 42.5 Å². The Morgan fingerprint density at radius 1 is 1.15 bits per heavy atom. The Morgan fingerprint density at radius 2 is 1.88 bits per heavy atom. The smallest absolute Gasteiger partial charge is 0.311 e. The van der Waals surface area contributed by atoms with Crippen LogP contribution in [0.15, 0.2) is 48.5 Å². The zero-order valence-electron chi connectivity index (χ0n) is 15.0. The van der Waals surface area contributed by atoms with Gasteiger partial charge in [-0.15, -0.1) is 0 Å². The van der Waals surface area contributed by atoms with Crippen LogP contribution in [0, 0.1) is 6.92 Å². The van der Waals surface area contributed by atoms with E-state index < -0.39 is 12.1 Å². The normalized spacial score (nSPS) is 14.4. The Bertz CT molecular complexity index is 784. The molecule has 0 bridgehead atoms. The molecule has 0 spiro atoms. The van der Waals surface area contributed by atoms with Crippen molar-refractivity contribution in [2.45, 2.75) is 38.3 Å². The van der Waals surface area contributed by atoms with E-state index in [0.29, 0.717) is 5.56 Å². The standard InChI is InChI=1S/C21H23NO4/c1-14-8-9-15(12-18(14)25-2)13-19(23)26-20(16-6-4-3-5-7-16)21(24)22-17-10-11-17/h3-9,12,17,20H,10-11,13H2,1-2H3,(H,22,24)/t20-/m0/s1. The molecule has 0 saturated heterocycles. The minimum absolute atomic E-state index is 0.0800. The second-order valence-corrected chi connectivity index (χ2v) is 6.54. The predicted octanol–water partition coefficient (Wildman–Crippen LogP) is 3.11. The first-order chi connectivity index (χ1) is 12.6. The highest BCUT2D eigenvalue weighted by atomic mass is 16.5. The molecule has 5 heteroatoms. The van der Waals surface area contributed by atoms with Gasteiger partial charge in [-0.3, -0.25) is 9.59 Å². The second-order valence-electron chi connectivity index (χ2n) is 6.54. The highest BCUT2D eigenvalue weighted by Crippen LogP contribution is 2.24. The number of carbonyl (C=O) groups excluding carboxylic acids is 2. The summed E-state index contributed by atoms with van der Waals surface area (Å²) in [5.74, 6) is 0.00521. The molecule has 1 aliphatic carbocycles. The molecule has 1 amide bonds. The van der Waals surface area contributed by atoms with Crippen LogP contribution in [0.5, 0.6) is 5.75 Å². The highest BCUT2D eigenvalue weighted by Gasteiger charge is 2.30. The fourth-order valence-corrected chi connectivity index (χ4v) is 2.72. The first-order valence-electron chi connectivity index (χ1n) is 8.75. The number of rotatable bonds is 7. The molecule has 5 nitrogen and oxygen atoms in total. The number of hydrogen-bond acceptors (Lipinski definition) is 4. The van der Waals surface area contributed by atoms with E-state index in [1.807, 2.05) is 43.3 Å². The number of esters is 1. The van der Waals surface area contributed by atoms with Gasteiger partial charge in [0.1, 0.15) is 5.75 Å². The summed E-state index contributed by atoms with van der Waals surface area (Å²) in [6.45, 7) is 1.94. The van der Waals surface area contributed by atoms with Crippen molar-refractivity contribution in [1.29, 1.82) is 0 Å². The molecule has 0 radical (unpaired) electrons. The first kappa shape index (κ1) is 18.0. The van der Waals surface area contributed by atoms with E-state index in [1.165, 1.54) is 0 Å². The van der Waals surface area contributed by atoms with E-state index in [-0.39, 0.29) is 18.4 Å². The second kappa shape index (κ2) is 8.04. The summed E-state index contributed by atoms with van der Waals surface area (Å²) in [5, 5.41) is 2.91. The topological polar surface area (TPSA) is 64.6 Å².